The molecule has 4 aliphatic rings. The molecule has 3 saturated carbocycles. The lowest BCUT2D eigenvalue weighted by atomic mass is 9.46. The van der Waals surface area contributed by atoms with Crippen molar-refractivity contribution in [1.29, 1.82) is 0 Å². The summed E-state index contributed by atoms with van der Waals surface area (Å²) in [4.78, 5) is 0. The second-order valence-electron chi connectivity index (χ2n) is 12.8. The Labute approximate surface area is 193 Å². The lowest BCUT2D eigenvalue weighted by molar-refractivity contribution is -0.0773. The maximum absolute atomic E-state index is 10.5. The Morgan fingerprint density at radius 1 is 1.06 bits per heavy atom. The van der Waals surface area contributed by atoms with Crippen LogP contribution in [-0.2, 0) is 0 Å². The summed E-state index contributed by atoms with van der Waals surface area (Å²) in [5.41, 5.74) is 6.05. The molecule has 0 aromatic rings. The predicted octanol–water partition coefficient (Wildman–Crippen LogP) is 8.34. The molecule has 3 fully saturated rings. The summed E-state index contributed by atoms with van der Waals surface area (Å²) in [6, 6.07) is 0. The van der Waals surface area contributed by atoms with Crippen LogP contribution in [0.5, 0.6) is 0 Å². The van der Waals surface area contributed by atoms with Crippen LogP contribution in [0.3, 0.4) is 0 Å². The van der Waals surface area contributed by atoms with E-state index in [2.05, 4.69) is 54.5 Å². The lowest BCUT2D eigenvalue weighted by Crippen LogP contribution is -2.52. The van der Waals surface area contributed by atoms with Gasteiger partial charge in [-0.25, -0.2) is 0 Å². The molecule has 0 radical (unpaired) electrons. The average molecular weight is 427 g/mol. The molecule has 0 aliphatic heterocycles. The van der Waals surface area contributed by atoms with E-state index >= 15 is 0 Å². The first-order valence-corrected chi connectivity index (χ1v) is 13.7. The predicted molar refractivity (Wildman–Crippen MR) is 133 cm³/mol. The van der Waals surface area contributed by atoms with Gasteiger partial charge < -0.3 is 5.11 Å². The molecule has 0 heterocycles. The fraction of sp³-hybridized carbons (Fsp3) is 0.867. The van der Waals surface area contributed by atoms with Gasteiger partial charge >= 0.3 is 0 Å². The number of aliphatic hydroxyl groups is 1. The molecule has 9 atom stereocenters. The number of hydrogen-bond donors (Lipinski definition) is 1. The Morgan fingerprint density at radius 2 is 1.74 bits per heavy atom. The summed E-state index contributed by atoms with van der Waals surface area (Å²) in [6.45, 7) is 17.1. The van der Waals surface area contributed by atoms with E-state index in [-0.39, 0.29) is 6.10 Å². The molecule has 4 aliphatic carbocycles. The summed E-state index contributed by atoms with van der Waals surface area (Å²) in [5, 5.41) is 10.5. The van der Waals surface area contributed by atoms with Crippen molar-refractivity contribution in [2.45, 2.75) is 119 Å². The summed E-state index contributed by atoms with van der Waals surface area (Å²) >= 11 is 0. The second-order valence-corrected chi connectivity index (χ2v) is 12.8. The monoisotopic (exact) mass is 426 g/mol. The van der Waals surface area contributed by atoms with Crippen LogP contribution in [0, 0.1) is 46.3 Å². The van der Waals surface area contributed by atoms with Crippen LogP contribution in [0.15, 0.2) is 22.8 Å². The highest BCUT2D eigenvalue weighted by Gasteiger charge is 2.59. The van der Waals surface area contributed by atoms with Gasteiger partial charge in [-0.3, -0.25) is 0 Å². The molecule has 1 heteroatoms. The van der Waals surface area contributed by atoms with Crippen molar-refractivity contribution in [3.63, 3.8) is 0 Å². The third kappa shape index (κ3) is 3.79. The van der Waals surface area contributed by atoms with Crippen LogP contribution >= 0.6 is 0 Å². The van der Waals surface area contributed by atoms with Crippen molar-refractivity contribution in [3.05, 3.63) is 22.8 Å². The van der Waals surface area contributed by atoms with Gasteiger partial charge in [0.2, 0.25) is 0 Å². The van der Waals surface area contributed by atoms with Gasteiger partial charge in [0.1, 0.15) is 0 Å². The molecule has 0 aromatic heterocycles. The number of rotatable bonds is 5. The van der Waals surface area contributed by atoms with Gasteiger partial charge in [0, 0.05) is 0 Å². The SMILES string of the molecule is CCC(CC[C@@H](C)[C@@H]1CC[C@H]2C3=CC[C@H]4[C@H](C)[C@H](O)CC[C@@]4(C)[C@H]3CC[C@]21C)=C(C)C. The summed E-state index contributed by atoms with van der Waals surface area (Å²) in [6.07, 6.45) is 15.7. The van der Waals surface area contributed by atoms with Crippen molar-refractivity contribution < 1.29 is 5.11 Å². The minimum absolute atomic E-state index is 0.0765. The molecule has 0 amide bonds. The third-order valence-electron chi connectivity index (χ3n) is 11.4. The van der Waals surface area contributed by atoms with Crippen LogP contribution in [0.4, 0.5) is 0 Å². The standard InChI is InChI=1S/C30H50O/c1-8-22(19(2)3)10-9-20(4)24-13-14-26-23-11-12-25-21(5)28(31)16-18-30(25,7)27(23)15-17-29(24,26)6/h11,20-21,24-28,31H,8-10,12-18H2,1-7H3/t20-,21+,24+,25+,26+,27+,28-,29+,30-/m1/s1. The van der Waals surface area contributed by atoms with E-state index in [0.29, 0.717) is 22.7 Å². The van der Waals surface area contributed by atoms with Gasteiger partial charge in [-0.05, 0) is 124 Å². The largest absolute Gasteiger partial charge is 0.393 e. The number of aliphatic hydroxyl groups excluding tert-OH is 1. The van der Waals surface area contributed by atoms with E-state index in [1.807, 2.05) is 5.57 Å². The Kier molecular flexibility index (Phi) is 6.59. The van der Waals surface area contributed by atoms with Gasteiger partial charge in [-0.15, -0.1) is 0 Å². The van der Waals surface area contributed by atoms with E-state index in [9.17, 15) is 5.11 Å². The first kappa shape index (κ1) is 23.6. The van der Waals surface area contributed by atoms with Crippen molar-refractivity contribution in [1.82, 2.24) is 0 Å². The van der Waals surface area contributed by atoms with Crippen LogP contribution in [-0.4, -0.2) is 11.2 Å². The zero-order chi connectivity index (χ0) is 22.6. The van der Waals surface area contributed by atoms with E-state index in [1.165, 1.54) is 57.8 Å². The van der Waals surface area contributed by atoms with E-state index < -0.39 is 0 Å². The molecule has 176 valence electrons. The number of hydrogen-bond acceptors (Lipinski definition) is 1. The number of fused-ring (bicyclic) bond motifs is 5. The van der Waals surface area contributed by atoms with Crippen molar-refractivity contribution >= 4 is 0 Å². The van der Waals surface area contributed by atoms with E-state index in [1.54, 1.807) is 11.1 Å². The highest BCUT2D eigenvalue weighted by Crippen LogP contribution is 2.67. The highest BCUT2D eigenvalue weighted by molar-refractivity contribution is 5.28. The Bertz CT molecular complexity index is 727. The van der Waals surface area contributed by atoms with Crippen molar-refractivity contribution in [3.8, 4) is 0 Å². The second kappa shape index (κ2) is 8.66. The molecule has 0 unspecified atom stereocenters. The zero-order valence-electron chi connectivity index (χ0n) is 21.6. The fourth-order valence-corrected chi connectivity index (χ4v) is 9.30. The van der Waals surface area contributed by atoms with Gasteiger partial charge in [-0.2, -0.15) is 0 Å². The molecule has 31 heavy (non-hydrogen) atoms. The van der Waals surface area contributed by atoms with Gasteiger partial charge in [0.05, 0.1) is 6.10 Å². The molecule has 4 rings (SSSR count). The topological polar surface area (TPSA) is 20.2 Å². The molecular weight excluding hydrogens is 376 g/mol. The van der Waals surface area contributed by atoms with Crippen LogP contribution in [0.2, 0.25) is 0 Å². The summed E-state index contributed by atoms with van der Waals surface area (Å²) in [7, 11) is 0. The van der Waals surface area contributed by atoms with Gasteiger partial charge in [0.25, 0.3) is 0 Å². The van der Waals surface area contributed by atoms with Crippen LogP contribution in [0.1, 0.15) is 113 Å². The van der Waals surface area contributed by atoms with Crippen LogP contribution in [0.25, 0.3) is 0 Å². The van der Waals surface area contributed by atoms with Crippen molar-refractivity contribution in [2.24, 2.45) is 46.3 Å². The van der Waals surface area contributed by atoms with E-state index in [4.69, 9.17) is 0 Å². The summed E-state index contributed by atoms with van der Waals surface area (Å²) < 4.78 is 0. The smallest absolute Gasteiger partial charge is 0.0568 e. The molecule has 0 bridgehead atoms. The molecule has 0 aromatic carbocycles. The van der Waals surface area contributed by atoms with Crippen molar-refractivity contribution in [2.75, 3.05) is 0 Å². The van der Waals surface area contributed by atoms with E-state index in [0.717, 1.165) is 30.1 Å². The normalized spacial score (nSPS) is 45.2. The average Bonchev–Trinajstić information content (AvgIpc) is 3.08. The molecule has 1 nitrogen and oxygen atoms in total. The first-order valence-electron chi connectivity index (χ1n) is 13.7. The molecule has 0 saturated heterocycles. The fourth-order valence-electron chi connectivity index (χ4n) is 9.30. The molecule has 0 spiro atoms. The maximum Gasteiger partial charge on any atom is 0.0568 e. The first-order chi connectivity index (χ1) is 14.6. The highest BCUT2D eigenvalue weighted by atomic mass is 16.3. The van der Waals surface area contributed by atoms with Crippen LogP contribution < -0.4 is 0 Å². The Morgan fingerprint density at radius 3 is 2.42 bits per heavy atom. The van der Waals surface area contributed by atoms with Gasteiger partial charge in [-0.1, -0.05) is 57.4 Å². The quantitative estimate of drug-likeness (QED) is 0.438. The molecule has 1 N–H and O–H groups in total. The zero-order valence-corrected chi connectivity index (χ0v) is 21.6. The number of allylic oxidation sites excluding steroid dienone is 4. The molecular formula is C30H50O. The van der Waals surface area contributed by atoms with Gasteiger partial charge in [0.15, 0.2) is 0 Å². The minimum atomic E-state index is -0.0765. The third-order valence-corrected chi connectivity index (χ3v) is 11.4. The Balaban J connectivity index is 1.52. The Hall–Kier alpha value is -0.560. The summed E-state index contributed by atoms with van der Waals surface area (Å²) in [5.74, 6) is 4.49. The minimum Gasteiger partial charge on any atom is -0.393 e. The maximum atomic E-state index is 10.5. The lowest BCUT2D eigenvalue weighted by Gasteiger charge is -2.59.